The molecule has 1 heterocycles. The molecule has 5 nitrogen and oxygen atoms in total. The minimum Gasteiger partial charge on any atom is -0.480 e. The highest BCUT2D eigenvalue weighted by Gasteiger charge is 2.26. The summed E-state index contributed by atoms with van der Waals surface area (Å²) in [6, 6.07) is 2.78. The molecule has 1 amide bonds. The monoisotopic (exact) mass is 254 g/mol. The Labute approximate surface area is 104 Å². The second-order valence-electron chi connectivity index (χ2n) is 4.02. The van der Waals surface area contributed by atoms with E-state index in [0.29, 0.717) is 6.42 Å². The molecule has 0 aliphatic rings. The predicted octanol–water partition coefficient (Wildman–Crippen LogP) is 1.45. The van der Waals surface area contributed by atoms with E-state index in [0.717, 1.165) is 6.07 Å². The number of rotatable bonds is 5. The van der Waals surface area contributed by atoms with Crippen molar-refractivity contribution < 1.29 is 19.1 Å². The fourth-order valence-electron chi connectivity index (χ4n) is 1.43. The zero-order chi connectivity index (χ0) is 13.7. The van der Waals surface area contributed by atoms with E-state index in [2.05, 4.69) is 10.3 Å². The number of pyridine rings is 1. The number of carboxylic acid groups (broad SMARTS) is 1. The van der Waals surface area contributed by atoms with Crippen LogP contribution in [0.5, 0.6) is 0 Å². The molecule has 1 aromatic heterocycles. The summed E-state index contributed by atoms with van der Waals surface area (Å²) in [7, 11) is 0. The molecule has 1 rings (SSSR count). The molecule has 98 valence electrons. The van der Waals surface area contributed by atoms with Gasteiger partial charge in [0.25, 0.3) is 5.91 Å². The molecule has 1 aromatic rings. The quantitative estimate of drug-likeness (QED) is 0.779. The Hall–Kier alpha value is -1.98. The van der Waals surface area contributed by atoms with Crippen LogP contribution in [0.3, 0.4) is 0 Å². The van der Waals surface area contributed by atoms with Gasteiger partial charge in [-0.2, -0.15) is 4.39 Å². The van der Waals surface area contributed by atoms with Gasteiger partial charge in [-0.05, 0) is 18.1 Å². The summed E-state index contributed by atoms with van der Waals surface area (Å²) >= 11 is 0. The van der Waals surface area contributed by atoms with Gasteiger partial charge in [-0.1, -0.05) is 26.3 Å². The summed E-state index contributed by atoms with van der Waals surface area (Å²) in [4.78, 5) is 26.2. The van der Waals surface area contributed by atoms with Crippen LogP contribution < -0.4 is 5.32 Å². The number of carbonyl (C=O) groups is 2. The van der Waals surface area contributed by atoms with Crippen molar-refractivity contribution in [3.05, 3.63) is 29.8 Å². The first kappa shape index (κ1) is 14.1. The number of nitrogens with zero attached hydrogens (tertiary/aromatic N) is 1. The molecule has 0 unspecified atom stereocenters. The summed E-state index contributed by atoms with van der Waals surface area (Å²) < 4.78 is 12.8. The third kappa shape index (κ3) is 3.51. The molecule has 0 aliphatic heterocycles. The Kier molecular flexibility index (Phi) is 4.76. The average Bonchev–Trinajstić information content (AvgIpc) is 2.34. The molecule has 2 atom stereocenters. The molecule has 18 heavy (non-hydrogen) atoms. The maximum absolute atomic E-state index is 12.8. The second-order valence-corrected chi connectivity index (χ2v) is 4.02. The lowest BCUT2D eigenvalue weighted by molar-refractivity contribution is -0.140. The lowest BCUT2D eigenvalue weighted by Gasteiger charge is -2.19. The van der Waals surface area contributed by atoms with Crippen molar-refractivity contribution in [2.24, 2.45) is 5.92 Å². The summed E-state index contributed by atoms with van der Waals surface area (Å²) in [6.07, 6.45) is 0.605. The van der Waals surface area contributed by atoms with Crippen molar-refractivity contribution in [2.75, 3.05) is 0 Å². The molecule has 0 aliphatic carbocycles. The van der Waals surface area contributed by atoms with Crippen molar-refractivity contribution in [2.45, 2.75) is 26.3 Å². The molecular weight excluding hydrogens is 239 g/mol. The van der Waals surface area contributed by atoms with E-state index >= 15 is 0 Å². The highest BCUT2D eigenvalue weighted by molar-refractivity contribution is 5.94. The number of nitrogens with one attached hydrogen (secondary N) is 1. The Morgan fingerprint density at radius 2 is 2.17 bits per heavy atom. The SMILES string of the molecule is CC[C@@H](C)[C@@H](NC(=O)c1cccc(F)n1)C(=O)O. The molecule has 0 bridgehead atoms. The molecular formula is C12H15FN2O3. The van der Waals surface area contributed by atoms with Gasteiger partial charge in [-0.3, -0.25) is 4.79 Å². The Bertz CT molecular complexity index is 451. The van der Waals surface area contributed by atoms with Gasteiger partial charge in [0.2, 0.25) is 5.95 Å². The number of carbonyl (C=O) groups excluding carboxylic acids is 1. The molecule has 6 heteroatoms. The molecule has 0 fully saturated rings. The van der Waals surface area contributed by atoms with Crippen LogP contribution in [-0.4, -0.2) is 28.0 Å². The first-order valence-corrected chi connectivity index (χ1v) is 5.62. The van der Waals surface area contributed by atoms with Crippen LogP contribution in [0.1, 0.15) is 30.8 Å². The second kappa shape index (κ2) is 6.09. The molecule has 0 aromatic carbocycles. The van der Waals surface area contributed by atoms with Gasteiger partial charge >= 0.3 is 5.97 Å². The highest BCUT2D eigenvalue weighted by Crippen LogP contribution is 2.09. The van der Waals surface area contributed by atoms with Crippen LogP contribution in [0.2, 0.25) is 0 Å². The van der Waals surface area contributed by atoms with Crippen LogP contribution >= 0.6 is 0 Å². The number of aromatic nitrogens is 1. The number of aliphatic carboxylic acids is 1. The largest absolute Gasteiger partial charge is 0.480 e. The van der Waals surface area contributed by atoms with Crippen LogP contribution in [-0.2, 0) is 4.79 Å². The fraction of sp³-hybridized carbons (Fsp3) is 0.417. The first-order valence-electron chi connectivity index (χ1n) is 5.62. The normalized spacial score (nSPS) is 13.7. The van der Waals surface area contributed by atoms with Gasteiger partial charge in [0, 0.05) is 0 Å². The van der Waals surface area contributed by atoms with Gasteiger partial charge in [-0.15, -0.1) is 0 Å². The molecule has 0 radical (unpaired) electrons. The van der Waals surface area contributed by atoms with Crippen molar-refractivity contribution >= 4 is 11.9 Å². The third-order valence-corrected chi connectivity index (χ3v) is 2.71. The number of carboxylic acids is 1. The van der Waals surface area contributed by atoms with Crippen LogP contribution in [0.25, 0.3) is 0 Å². The van der Waals surface area contributed by atoms with Crippen molar-refractivity contribution in [3.8, 4) is 0 Å². The topological polar surface area (TPSA) is 79.3 Å². The fourth-order valence-corrected chi connectivity index (χ4v) is 1.43. The number of hydrogen-bond donors (Lipinski definition) is 2. The Balaban J connectivity index is 2.82. The van der Waals surface area contributed by atoms with Gasteiger partial charge in [0.1, 0.15) is 11.7 Å². The zero-order valence-electron chi connectivity index (χ0n) is 10.2. The molecule has 0 saturated heterocycles. The first-order chi connectivity index (χ1) is 8.45. The van der Waals surface area contributed by atoms with Crippen molar-refractivity contribution in [1.82, 2.24) is 10.3 Å². The van der Waals surface area contributed by atoms with E-state index in [-0.39, 0.29) is 11.6 Å². The molecule has 0 saturated carbocycles. The Morgan fingerprint density at radius 1 is 1.50 bits per heavy atom. The standard InChI is InChI=1S/C12H15FN2O3/c1-3-7(2)10(12(17)18)15-11(16)8-5-4-6-9(13)14-8/h4-7,10H,3H2,1-2H3,(H,15,16)(H,17,18)/t7-,10-/m1/s1. The minimum atomic E-state index is -1.12. The highest BCUT2D eigenvalue weighted by atomic mass is 19.1. The number of amides is 1. The van der Waals surface area contributed by atoms with E-state index < -0.39 is 23.9 Å². The number of halogens is 1. The van der Waals surface area contributed by atoms with E-state index in [1.807, 2.05) is 6.92 Å². The smallest absolute Gasteiger partial charge is 0.326 e. The Morgan fingerprint density at radius 3 is 2.67 bits per heavy atom. The van der Waals surface area contributed by atoms with E-state index in [1.165, 1.54) is 12.1 Å². The van der Waals surface area contributed by atoms with Crippen LogP contribution in [0.15, 0.2) is 18.2 Å². The van der Waals surface area contributed by atoms with E-state index in [1.54, 1.807) is 6.92 Å². The third-order valence-electron chi connectivity index (χ3n) is 2.71. The van der Waals surface area contributed by atoms with E-state index in [4.69, 9.17) is 5.11 Å². The number of hydrogen-bond acceptors (Lipinski definition) is 3. The average molecular weight is 254 g/mol. The molecule has 0 spiro atoms. The summed E-state index contributed by atoms with van der Waals surface area (Å²) in [5, 5.41) is 11.4. The van der Waals surface area contributed by atoms with Gasteiger partial charge in [0.15, 0.2) is 0 Å². The van der Waals surface area contributed by atoms with Gasteiger partial charge in [-0.25, -0.2) is 9.78 Å². The van der Waals surface area contributed by atoms with E-state index in [9.17, 15) is 14.0 Å². The maximum Gasteiger partial charge on any atom is 0.326 e. The van der Waals surface area contributed by atoms with Crippen molar-refractivity contribution in [3.63, 3.8) is 0 Å². The van der Waals surface area contributed by atoms with Crippen LogP contribution in [0, 0.1) is 11.9 Å². The minimum absolute atomic E-state index is 0.135. The van der Waals surface area contributed by atoms with Gasteiger partial charge in [0.05, 0.1) is 0 Å². The maximum atomic E-state index is 12.8. The van der Waals surface area contributed by atoms with Crippen molar-refractivity contribution in [1.29, 1.82) is 0 Å². The van der Waals surface area contributed by atoms with Gasteiger partial charge < -0.3 is 10.4 Å². The summed E-state index contributed by atoms with van der Waals surface area (Å²) in [5.74, 6) is -2.81. The lowest BCUT2D eigenvalue weighted by Crippen LogP contribution is -2.45. The lowest BCUT2D eigenvalue weighted by atomic mass is 9.99. The summed E-state index contributed by atoms with van der Waals surface area (Å²) in [5.41, 5.74) is -0.135. The van der Waals surface area contributed by atoms with Crippen LogP contribution in [0.4, 0.5) is 4.39 Å². The molecule has 2 N–H and O–H groups in total. The predicted molar refractivity (Wildman–Crippen MR) is 62.5 cm³/mol. The zero-order valence-corrected chi connectivity index (χ0v) is 10.2. The summed E-state index contributed by atoms with van der Waals surface area (Å²) in [6.45, 7) is 3.55.